The monoisotopic (exact) mass is 779 g/mol. The van der Waals surface area contributed by atoms with Crippen LogP contribution in [-0.2, 0) is 14.1 Å². The Labute approximate surface area is 343 Å². The Morgan fingerprint density at radius 2 is 0.850 bits per heavy atom. The highest BCUT2D eigenvalue weighted by Crippen LogP contribution is 2.40. The molecule has 0 aliphatic heterocycles. The van der Waals surface area contributed by atoms with Crippen molar-refractivity contribution in [2.45, 2.75) is 6.92 Å². The van der Waals surface area contributed by atoms with E-state index in [0.717, 1.165) is 87.9 Å². The van der Waals surface area contributed by atoms with E-state index in [2.05, 4.69) is 69.8 Å². The van der Waals surface area contributed by atoms with Crippen LogP contribution in [0.5, 0.6) is 0 Å². The molecule has 8 aromatic carbocycles. The van der Waals surface area contributed by atoms with Gasteiger partial charge in [0.15, 0.2) is 0 Å². The van der Waals surface area contributed by atoms with Crippen molar-refractivity contribution in [2.75, 3.05) is 0 Å². The van der Waals surface area contributed by atoms with Crippen LogP contribution < -0.4 is 4.57 Å². The quantitative estimate of drug-likeness (QED) is 0.0749. The van der Waals surface area contributed by atoms with Gasteiger partial charge in [-0.2, -0.15) is 0 Å². The van der Waals surface area contributed by atoms with E-state index in [-0.39, 0.29) is 11.6 Å². The smallest absolute Gasteiger partial charge is 0.327 e. The SMILES string of the molecule is CC(=O)[n+]1c(-c2cccc(-c3nc4c5ccccc5c5ccccc5c4n3C)c2)cc([N+](=O)[O-])cc1-c1cccc(-c2nc3c4ccccc4c4ccccc4c3n2C)c1. The summed E-state index contributed by atoms with van der Waals surface area (Å²) in [5.41, 5.74) is 7.39. The number of aryl methyl sites for hydroxylation is 2. The van der Waals surface area contributed by atoms with Gasteiger partial charge in [-0.1, -0.05) is 121 Å². The molecule has 0 fully saturated rings. The first kappa shape index (κ1) is 35.1. The number of carbonyl (C=O) groups is 1. The molecule has 286 valence electrons. The maximum atomic E-state index is 13.8. The van der Waals surface area contributed by atoms with Gasteiger partial charge >= 0.3 is 5.91 Å². The van der Waals surface area contributed by atoms with Gasteiger partial charge in [-0.25, -0.2) is 14.8 Å². The van der Waals surface area contributed by atoms with Gasteiger partial charge in [0.05, 0.1) is 46.0 Å². The molecule has 9 nitrogen and oxygen atoms in total. The summed E-state index contributed by atoms with van der Waals surface area (Å²) >= 11 is 0. The number of hydrogen-bond donors (Lipinski definition) is 0. The zero-order valence-corrected chi connectivity index (χ0v) is 32.9. The van der Waals surface area contributed by atoms with E-state index in [1.54, 1.807) is 4.57 Å². The minimum Gasteiger partial charge on any atom is -0.327 e. The number of hydrogen-bond acceptors (Lipinski definition) is 5. The van der Waals surface area contributed by atoms with E-state index >= 15 is 0 Å². The fraction of sp³-hybridized carbons (Fsp3) is 0.0588. The molecule has 60 heavy (non-hydrogen) atoms. The predicted molar refractivity (Wildman–Crippen MR) is 240 cm³/mol. The summed E-state index contributed by atoms with van der Waals surface area (Å²) < 4.78 is 5.79. The van der Waals surface area contributed by atoms with Gasteiger partial charge in [0.1, 0.15) is 11.6 Å². The Kier molecular flexibility index (Phi) is 7.76. The topological polar surface area (TPSA) is 99.7 Å². The molecule has 0 unspecified atom stereocenters. The molecule has 0 aliphatic rings. The molecule has 3 aromatic heterocycles. The normalized spacial score (nSPS) is 11.8. The number of carbonyl (C=O) groups excluding carboxylic acids is 1. The number of nitro groups is 1. The average molecular weight is 780 g/mol. The summed E-state index contributed by atoms with van der Waals surface area (Å²) in [5.74, 6) is 1.19. The molecule has 11 rings (SSSR count). The van der Waals surface area contributed by atoms with Crippen LogP contribution in [0.3, 0.4) is 0 Å². The first-order valence-corrected chi connectivity index (χ1v) is 19.8. The van der Waals surface area contributed by atoms with Crippen LogP contribution in [0.25, 0.3) is 110 Å². The molecule has 3 heterocycles. The lowest BCUT2D eigenvalue weighted by atomic mass is 10.00. The van der Waals surface area contributed by atoms with Crippen LogP contribution in [0.4, 0.5) is 5.69 Å². The fourth-order valence-corrected chi connectivity index (χ4v) is 9.29. The minimum atomic E-state index is -0.408. The number of fused-ring (bicyclic) bond motifs is 12. The Morgan fingerprint density at radius 3 is 1.23 bits per heavy atom. The molecule has 11 aromatic rings. The molecule has 0 aliphatic carbocycles. The van der Waals surface area contributed by atoms with E-state index in [1.807, 2.05) is 99.0 Å². The lowest BCUT2D eigenvalue weighted by molar-refractivity contribution is -0.550. The lowest BCUT2D eigenvalue weighted by Crippen LogP contribution is -2.44. The van der Waals surface area contributed by atoms with E-state index in [9.17, 15) is 14.9 Å². The molecular formula is C51H35N6O3+. The zero-order valence-electron chi connectivity index (χ0n) is 32.9. The molecule has 0 saturated carbocycles. The molecule has 0 amide bonds. The summed E-state index contributed by atoms with van der Waals surface area (Å²) in [5, 5.41) is 21.5. The van der Waals surface area contributed by atoms with Gasteiger partial charge in [0.2, 0.25) is 11.4 Å². The Morgan fingerprint density at radius 1 is 0.500 bits per heavy atom. The van der Waals surface area contributed by atoms with Crippen molar-refractivity contribution in [3.05, 3.63) is 168 Å². The van der Waals surface area contributed by atoms with Crippen LogP contribution in [0.1, 0.15) is 11.7 Å². The molecule has 0 radical (unpaired) electrons. The van der Waals surface area contributed by atoms with Crippen molar-refractivity contribution in [2.24, 2.45) is 14.1 Å². The summed E-state index contributed by atoms with van der Waals surface area (Å²) in [4.78, 5) is 36.5. The van der Waals surface area contributed by atoms with E-state index in [1.165, 1.54) is 19.1 Å². The standard InChI is InChI=1S/C51H35N6O3/c1-30(58)56-44(31-14-12-16-33(26-31)50-52-46-40-22-8-4-18-36(40)38-20-6-10-24-42(38)48(46)54(50)2)28-35(57(59)60)29-45(56)32-15-13-17-34(27-32)51-53-47-41-23-9-5-19-37(41)39-21-7-11-25-43(39)49(47)55(51)3/h4-29H,1-3H3/q+1. The first-order valence-electron chi connectivity index (χ1n) is 19.8. The predicted octanol–water partition coefficient (Wildman–Crippen LogP) is 11.6. The summed E-state index contributed by atoms with van der Waals surface area (Å²) in [6, 6.07) is 51.8. The van der Waals surface area contributed by atoms with Crippen molar-refractivity contribution in [3.63, 3.8) is 0 Å². The third-order valence-electron chi connectivity index (χ3n) is 11.9. The second kappa shape index (κ2) is 13.3. The highest BCUT2D eigenvalue weighted by atomic mass is 16.6. The minimum absolute atomic E-state index is 0.130. The number of benzene rings is 8. The van der Waals surface area contributed by atoms with Gasteiger partial charge < -0.3 is 9.13 Å². The van der Waals surface area contributed by atoms with Crippen molar-refractivity contribution >= 4 is 76.8 Å². The van der Waals surface area contributed by atoms with Crippen molar-refractivity contribution in [3.8, 4) is 45.3 Å². The number of nitrogens with zero attached hydrogens (tertiary/aromatic N) is 6. The second-order valence-corrected chi connectivity index (χ2v) is 15.3. The number of rotatable bonds is 5. The van der Waals surface area contributed by atoms with Gasteiger partial charge in [0, 0.05) is 57.9 Å². The van der Waals surface area contributed by atoms with E-state index < -0.39 is 4.92 Å². The first-order chi connectivity index (χ1) is 29.3. The Bertz CT molecular complexity index is 3430. The molecule has 0 bridgehead atoms. The molecule has 9 heteroatoms. The van der Waals surface area contributed by atoms with Gasteiger partial charge in [0.25, 0.3) is 5.69 Å². The van der Waals surface area contributed by atoms with Gasteiger partial charge in [-0.05, 0) is 45.8 Å². The van der Waals surface area contributed by atoms with Crippen molar-refractivity contribution in [1.29, 1.82) is 0 Å². The highest BCUT2D eigenvalue weighted by molar-refractivity contribution is 6.25. The van der Waals surface area contributed by atoms with Gasteiger partial charge in [-0.3, -0.25) is 10.1 Å². The van der Waals surface area contributed by atoms with Crippen LogP contribution >= 0.6 is 0 Å². The third-order valence-corrected chi connectivity index (χ3v) is 11.9. The average Bonchev–Trinajstić information content (AvgIpc) is 3.83. The van der Waals surface area contributed by atoms with Crippen LogP contribution in [0.2, 0.25) is 0 Å². The lowest BCUT2D eigenvalue weighted by Gasteiger charge is -2.10. The Balaban J connectivity index is 1.09. The van der Waals surface area contributed by atoms with Crippen LogP contribution in [-0.4, -0.2) is 29.9 Å². The molecule has 0 N–H and O–H groups in total. The molecule has 0 atom stereocenters. The third kappa shape index (κ3) is 5.19. The number of pyridine rings is 1. The van der Waals surface area contributed by atoms with E-state index in [0.29, 0.717) is 22.5 Å². The molecule has 0 saturated heterocycles. The van der Waals surface area contributed by atoms with Crippen LogP contribution in [0, 0.1) is 10.1 Å². The second-order valence-electron chi connectivity index (χ2n) is 15.3. The summed E-state index contributed by atoms with van der Waals surface area (Å²) in [7, 11) is 4.03. The van der Waals surface area contributed by atoms with Crippen molar-refractivity contribution in [1.82, 2.24) is 19.1 Å². The number of imidazole rings is 2. The highest BCUT2D eigenvalue weighted by Gasteiger charge is 2.30. The Hall–Kier alpha value is -8.04. The zero-order chi connectivity index (χ0) is 40.8. The maximum Gasteiger partial charge on any atom is 0.390 e. The summed E-state index contributed by atoms with van der Waals surface area (Å²) in [6.45, 7) is 1.48. The van der Waals surface area contributed by atoms with Gasteiger partial charge in [-0.15, -0.1) is 4.57 Å². The van der Waals surface area contributed by atoms with Crippen molar-refractivity contribution < 1.29 is 14.3 Å². The maximum absolute atomic E-state index is 13.8. The number of aromatic nitrogens is 5. The fourth-order valence-electron chi connectivity index (χ4n) is 9.29. The molecule has 0 spiro atoms. The van der Waals surface area contributed by atoms with Crippen LogP contribution in [0.15, 0.2) is 158 Å². The molecular weight excluding hydrogens is 745 g/mol. The largest absolute Gasteiger partial charge is 0.390 e. The summed E-state index contributed by atoms with van der Waals surface area (Å²) in [6.07, 6.45) is 0. The van der Waals surface area contributed by atoms with E-state index in [4.69, 9.17) is 9.97 Å².